The highest BCUT2D eigenvalue weighted by Crippen LogP contribution is 2.28. The molecule has 1 aromatic rings. The van der Waals surface area contributed by atoms with Crippen LogP contribution in [0.5, 0.6) is 0 Å². The Balaban J connectivity index is 2.30. The van der Waals surface area contributed by atoms with Crippen molar-refractivity contribution in [2.45, 2.75) is 26.3 Å². The first kappa shape index (κ1) is 12.7. The molecule has 6 nitrogen and oxygen atoms in total. The molecule has 0 aliphatic carbocycles. The minimum atomic E-state index is 0.183. The number of nitriles is 1. The third kappa shape index (κ3) is 2.14. The van der Waals surface area contributed by atoms with Gasteiger partial charge in [0.15, 0.2) is 5.82 Å². The monoisotopic (exact) mass is 249 g/mol. The molecule has 18 heavy (non-hydrogen) atoms. The average molecular weight is 249 g/mol. The zero-order chi connectivity index (χ0) is 13.1. The smallest absolute Gasteiger partial charge is 0.170 e. The number of aryl methyl sites for hydroxylation is 1. The number of nitrogens with zero attached hydrogens (tertiary/aromatic N) is 4. The first-order valence-corrected chi connectivity index (χ1v) is 6.33. The van der Waals surface area contributed by atoms with Crippen LogP contribution in [0.25, 0.3) is 0 Å². The number of nitrogens with two attached hydrogens (primary N) is 1. The van der Waals surface area contributed by atoms with Crippen molar-refractivity contribution >= 4 is 11.6 Å². The molecule has 1 aromatic heterocycles. The summed E-state index contributed by atoms with van der Waals surface area (Å²) < 4.78 is 1.65. The van der Waals surface area contributed by atoms with E-state index in [9.17, 15) is 10.4 Å². The van der Waals surface area contributed by atoms with E-state index in [0.717, 1.165) is 25.9 Å². The molecule has 1 aliphatic heterocycles. The summed E-state index contributed by atoms with van der Waals surface area (Å²) in [5, 5.41) is 22.9. The van der Waals surface area contributed by atoms with Crippen molar-refractivity contribution in [3.8, 4) is 6.07 Å². The summed E-state index contributed by atoms with van der Waals surface area (Å²) in [4.78, 5) is 2.06. The largest absolute Gasteiger partial charge is 0.396 e. The maximum atomic E-state index is 9.25. The summed E-state index contributed by atoms with van der Waals surface area (Å²) in [7, 11) is 0. The predicted octanol–water partition coefficient (Wildman–Crippen LogP) is 0.566. The van der Waals surface area contributed by atoms with Crippen molar-refractivity contribution in [2.75, 3.05) is 30.3 Å². The van der Waals surface area contributed by atoms with Gasteiger partial charge in [-0.3, -0.25) is 0 Å². The van der Waals surface area contributed by atoms with Gasteiger partial charge in [0.2, 0.25) is 0 Å². The molecule has 98 valence electrons. The fraction of sp³-hybridized carbons (Fsp3) is 0.667. The molecule has 0 amide bonds. The van der Waals surface area contributed by atoms with Crippen molar-refractivity contribution in [3.63, 3.8) is 0 Å². The van der Waals surface area contributed by atoms with Crippen molar-refractivity contribution in [1.82, 2.24) is 9.78 Å². The van der Waals surface area contributed by atoms with Crippen molar-refractivity contribution in [1.29, 1.82) is 5.26 Å². The van der Waals surface area contributed by atoms with E-state index < -0.39 is 0 Å². The predicted molar refractivity (Wildman–Crippen MR) is 69.1 cm³/mol. The summed E-state index contributed by atoms with van der Waals surface area (Å²) in [6, 6.07) is 2.14. The Morgan fingerprint density at radius 2 is 2.39 bits per heavy atom. The topological polar surface area (TPSA) is 91.1 Å². The molecule has 2 rings (SSSR count). The second-order valence-electron chi connectivity index (χ2n) is 4.65. The van der Waals surface area contributed by atoms with E-state index in [-0.39, 0.29) is 12.5 Å². The minimum absolute atomic E-state index is 0.183. The van der Waals surface area contributed by atoms with Crippen LogP contribution in [0.4, 0.5) is 11.6 Å². The molecule has 3 N–H and O–H groups in total. The van der Waals surface area contributed by atoms with Crippen LogP contribution >= 0.6 is 0 Å². The van der Waals surface area contributed by atoms with E-state index in [1.165, 1.54) is 0 Å². The SMILES string of the molecule is CCn1nc(N2CCCC(CO)C2)c(C#N)c1N. The fourth-order valence-electron chi connectivity index (χ4n) is 2.44. The van der Waals surface area contributed by atoms with E-state index >= 15 is 0 Å². The molecule has 0 bridgehead atoms. The Bertz CT molecular complexity index is 462. The van der Waals surface area contributed by atoms with E-state index in [2.05, 4.69) is 16.1 Å². The van der Waals surface area contributed by atoms with Gasteiger partial charge in [0.05, 0.1) is 0 Å². The minimum Gasteiger partial charge on any atom is -0.396 e. The number of aliphatic hydroxyl groups excluding tert-OH is 1. The molecule has 1 saturated heterocycles. The lowest BCUT2D eigenvalue weighted by Gasteiger charge is -2.32. The molecule has 1 aliphatic rings. The molecule has 0 spiro atoms. The highest BCUT2D eigenvalue weighted by atomic mass is 16.3. The van der Waals surface area contributed by atoms with Gasteiger partial charge in [-0.15, -0.1) is 0 Å². The van der Waals surface area contributed by atoms with Gasteiger partial charge >= 0.3 is 0 Å². The van der Waals surface area contributed by atoms with Crippen LogP contribution < -0.4 is 10.6 Å². The summed E-state index contributed by atoms with van der Waals surface area (Å²) in [6.07, 6.45) is 2.04. The van der Waals surface area contributed by atoms with Gasteiger partial charge in [-0.05, 0) is 25.7 Å². The molecular formula is C12H19N5O. The summed E-state index contributed by atoms with van der Waals surface area (Å²) in [6.45, 7) is 4.39. The Morgan fingerprint density at radius 3 is 3.00 bits per heavy atom. The number of anilines is 2. The van der Waals surface area contributed by atoms with Crippen molar-refractivity contribution in [3.05, 3.63) is 5.56 Å². The third-order valence-corrected chi connectivity index (χ3v) is 3.46. The van der Waals surface area contributed by atoms with Gasteiger partial charge in [-0.1, -0.05) is 0 Å². The van der Waals surface area contributed by atoms with Crippen LogP contribution in [0.15, 0.2) is 0 Å². The first-order chi connectivity index (χ1) is 8.71. The van der Waals surface area contributed by atoms with Crippen LogP contribution in [0, 0.1) is 17.2 Å². The van der Waals surface area contributed by atoms with Crippen molar-refractivity contribution < 1.29 is 5.11 Å². The highest BCUT2D eigenvalue weighted by molar-refractivity contribution is 5.65. The van der Waals surface area contributed by atoms with Gasteiger partial charge in [-0.2, -0.15) is 10.4 Å². The Hall–Kier alpha value is -1.74. The molecular weight excluding hydrogens is 230 g/mol. The van der Waals surface area contributed by atoms with Crippen LogP contribution in [0.3, 0.4) is 0 Å². The summed E-state index contributed by atoms with van der Waals surface area (Å²) in [5.41, 5.74) is 6.36. The Labute approximate surface area is 107 Å². The normalized spacial score (nSPS) is 19.8. The lowest BCUT2D eigenvalue weighted by atomic mass is 9.99. The van der Waals surface area contributed by atoms with Crippen LogP contribution in [-0.2, 0) is 6.54 Å². The Kier molecular flexibility index (Phi) is 3.72. The van der Waals surface area contributed by atoms with E-state index in [1.54, 1.807) is 4.68 Å². The number of hydrogen-bond acceptors (Lipinski definition) is 5. The standard InChI is InChI=1S/C12H19N5O/c1-2-17-11(14)10(6-13)12(15-17)16-5-3-4-9(7-16)8-18/h9,18H,2-5,7-8,14H2,1H3. The van der Waals surface area contributed by atoms with Crippen LogP contribution in [0.2, 0.25) is 0 Å². The second-order valence-corrected chi connectivity index (χ2v) is 4.65. The third-order valence-electron chi connectivity index (χ3n) is 3.46. The second kappa shape index (κ2) is 5.27. The first-order valence-electron chi connectivity index (χ1n) is 6.33. The zero-order valence-electron chi connectivity index (χ0n) is 10.6. The number of aliphatic hydroxyl groups is 1. The summed E-state index contributed by atoms with van der Waals surface area (Å²) in [5.74, 6) is 1.36. The molecule has 0 radical (unpaired) electrons. The number of hydrogen-bond donors (Lipinski definition) is 2. The highest BCUT2D eigenvalue weighted by Gasteiger charge is 2.25. The van der Waals surface area contributed by atoms with E-state index in [1.807, 2.05) is 6.92 Å². The van der Waals surface area contributed by atoms with Gasteiger partial charge in [0, 0.05) is 26.2 Å². The van der Waals surface area contributed by atoms with Gasteiger partial charge in [0.1, 0.15) is 17.5 Å². The quantitative estimate of drug-likeness (QED) is 0.817. The fourth-order valence-corrected chi connectivity index (χ4v) is 2.44. The van der Waals surface area contributed by atoms with E-state index in [0.29, 0.717) is 23.7 Å². The molecule has 1 atom stereocenters. The van der Waals surface area contributed by atoms with Gasteiger partial charge in [-0.25, -0.2) is 4.68 Å². The van der Waals surface area contributed by atoms with Crippen molar-refractivity contribution in [2.24, 2.45) is 5.92 Å². The molecule has 6 heteroatoms. The van der Waals surface area contributed by atoms with Crippen LogP contribution in [-0.4, -0.2) is 34.6 Å². The maximum absolute atomic E-state index is 9.25. The number of piperidine rings is 1. The maximum Gasteiger partial charge on any atom is 0.170 e. The molecule has 0 aromatic carbocycles. The van der Waals surface area contributed by atoms with Crippen LogP contribution in [0.1, 0.15) is 25.3 Å². The van der Waals surface area contributed by atoms with Gasteiger partial charge < -0.3 is 15.7 Å². The molecule has 0 saturated carbocycles. The molecule has 1 fully saturated rings. The Morgan fingerprint density at radius 1 is 1.61 bits per heavy atom. The lowest BCUT2D eigenvalue weighted by Crippen LogP contribution is -2.37. The number of nitrogen functional groups attached to an aromatic ring is 1. The average Bonchev–Trinajstić information content (AvgIpc) is 2.75. The van der Waals surface area contributed by atoms with Gasteiger partial charge in [0.25, 0.3) is 0 Å². The van der Waals surface area contributed by atoms with E-state index in [4.69, 9.17) is 5.73 Å². The summed E-state index contributed by atoms with van der Waals surface area (Å²) >= 11 is 0. The lowest BCUT2D eigenvalue weighted by molar-refractivity contribution is 0.208. The molecule has 1 unspecified atom stereocenters. The number of aromatic nitrogens is 2. The number of rotatable bonds is 3. The zero-order valence-corrected chi connectivity index (χ0v) is 10.6. The molecule has 2 heterocycles.